The zero-order chi connectivity index (χ0) is 14.3. The Morgan fingerprint density at radius 2 is 2.10 bits per heavy atom. The van der Waals surface area contributed by atoms with Gasteiger partial charge in [0.25, 0.3) is 5.69 Å². The molecule has 0 fully saturated rings. The van der Waals surface area contributed by atoms with Crippen LogP contribution in [0.4, 0.5) is 11.4 Å². The van der Waals surface area contributed by atoms with Crippen LogP contribution in [0, 0.1) is 10.1 Å². The van der Waals surface area contributed by atoms with Gasteiger partial charge in [-0.3, -0.25) is 10.1 Å². The standard InChI is InChI=1S/C12H10Cl2N4O2/c13-9-5-8(18(19)20)1-2-10(9)16-3-4-17-11(14)6-15-12(17)7-16/h1-2,5-6H,3-4,7H2. The van der Waals surface area contributed by atoms with Gasteiger partial charge >= 0.3 is 0 Å². The molecule has 0 saturated carbocycles. The summed E-state index contributed by atoms with van der Waals surface area (Å²) in [5.41, 5.74) is 0.753. The third kappa shape index (κ3) is 2.21. The summed E-state index contributed by atoms with van der Waals surface area (Å²) in [7, 11) is 0. The first kappa shape index (κ1) is 13.2. The van der Waals surface area contributed by atoms with Crippen LogP contribution in [-0.4, -0.2) is 21.0 Å². The lowest BCUT2D eigenvalue weighted by atomic mass is 10.2. The van der Waals surface area contributed by atoms with Gasteiger partial charge in [-0.05, 0) is 6.07 Å². The van der Waals surface area contributed by atoms with Crippen molar-refractivity contribution in [3.8, 4) is 0 Å². The Morgan fingerprint density at radius 3 is 2.80 bits per heavy atom. The predicted molar refractivity (Wildman–Crippen MR) is 76.4 cm³/mol. The minimum atomic E-state index is -0.460. The van der Waals surface area contributed by atoms with Crippen molar-refractivity contribution in [1.82, 2.24) is 9.55 Å². The molecular weight excluding hydrogens is 303 g/mol. The first-order valence-corrected chi connectivity index (χ1v) is 6.70. The molecule has 6 nitrogen and oxygen atoms in total. The number of hydrogen-bond acceptors (Lipinski definition) is 4. The number of nitro benzene ring substituents is 1. The van der Waals surface area contributed by atoms with E-state index in [4.69, 9.17) is 23.2 Å². The summed E-state index contributed by atoms with van der Waals surface area (Å²) in [4.78, 5) is 16.5. The molecule has 104 valence electrons. The van der Waals surface area contributed by atoms with Crippen molar-refractivity contribution in [2.45, 2.75) is 13.1 Å². The second-order valence-corrected chi connectivity index (χ2v) is 5.26. The van der Waals surface area contributed by atoms with Gasteiger partial charge in [0, 0.05) is 25.2 Å². The van der Waals surface area contributed by atoms with Crippen molar-refractivity contribution in [2.75, 3.05) is 11.4 Å². The molecule has 1 aromatic heterocycles. The summed E-state index contributed by atoms with van der Waals surface area (Å²) in [6.45, 7) is 2.01. The summed E-state index contributed by atoms with van der Waals surface area (Å²) < 4.78 is 1.94. The third-order valence-electron chi connectivity index (χ3n) is 3.30. The third-order valence-corrected chi connectivity index (χ3v) is 3.90. The molecule has 0 bridgehead atoms. The maximum Gasteiger partial charge on any atom is 0.271 e. The Balaban J connectivity index is 1.90. The SMILES string of the molecule is O=[N+]([O-])c1ccc(N2CCn3c(Cl)cnc3C2)c(Cl)c1. The number of halogens is 2. The largest absolute Gasteiger partial charge is 0.361 e. The smallest absolute Gasteiger partial charge is 0.271 e. The van der Waals surface area contributed by atoms with Gasteiger partial charge < -0.3 is 9.47 Å². The van der Waals surface area contributed by atoms with Crippen molar-refractivity contribution in [3.05, 3.63) is 50.5 Å². The number of aromatic nitrogens is 2. The summed E-state index contributed by atoms with van der Waals surface area (Å²) in [5, 5.41) is 11.7. The molecule has 1 aromatic carbocycles. The molecule has 3 rings (SSSR count). The molecule has 0 unspecified atom stereocenters. The molecule has 0 N–H and O–H groups in total. The van der Waals surface area contributed by atoms with Crippen LogP contribution in [0.15, 0.2) is 24.4 Å². The Kier molecular flexibility index (Phi) is 3.27. The predicted octanol–water partition coefficient (Wildman–Crippen LogP) is 3.12. The van der Waals surface area contributed by atoms with Gasteiger partial charge in [-0.25, -0.2) is 4.98 Å². The molecular formula is C12H10Cl2N4O2. The van der Waals surface area contributed by atoms with Crippen LogP contribution >= 0.6 is 23.2 Å². The van der Waals surface area contributed by atoms with Crippen molar-refractivity contribution >= 4 is 34.6 Å². The quantitative estimate of drug-likeness (QED) is 0.631. The number of nitro groups is 1. The van der Waals surface area contributed by atoms with Gasteiger partial charge in [-0.2, -0.15) is 0 Å². The number of hydrogen-bond donors (Lipinski definition) is 0. The maximum absolute atomic E-state index is 10.7. The zero-order valence-corrected chi connectivity index (χ0v) is 11.8. The molecule has 0 atom stereocenters. The Labute approximate surface area is 124 Å². The normalized spacial score (nSPS) is 14.2. The van der Waals surface area contributed by atoms with Gasteiger partial charge in [0.05, 0.1) is 28.4 Å². The van der Waals surface area contributed by atoms with E-state index in [9.17, 15) is 10.1 Å². The Hall–Kier alpha value is -1.79. The van der Waals surface area contributed by atoms with Gasteiger partial charge in [-0.1, -0.05) is 23.2 Å². The van der Waals surface area contributed by atoms with Gasteiger partial charge in [0.2, 0.25) is 0 Å². The van der Waals surface area contributed by atoms with Gasteiger partial charge in [-0.15, -0.1) is 0 Å². The number of fused-ring (bicyclic) bond motifs is 1. The van der Waals surface area contributed by atoms with E-state index >= 15 is 0 Å². The van der Waals surface area contributed by atoms with E-state index in [1.165, 1.54) is 12.1 Å². The molecule has 1 aliphatic rings. The van der Waals surface area contributed by atoms with Crippen LogP contribution < -0.4 is 4.90 Å². The zero-order valence-electron chi connectivity index (χ0n) is 10.3. The number of non-ortho nitro benzene ring substituents is 1. The van der Waals surface area contributed by atoms with Crippen LogP contribution in [0.5, 0.6) is 0 Å². The molecule has 0 amide bonds. The number of anilines is 1. The highest BCUT2D eigenvalue weighted by Gasteiger charge is 2.22. The minimum absolute atomic E-state index is 0.0136. The van der Waals surface area contributed by atoms with E-state index in [0.717, 1.165) is 18.1 Å². The second kappa shape index (κ2) is 4.96. The van der Waals surface area contributed by atoms with Gasteiger partial charge in [0.1, 0.15) is 11.0 Å². The first-order valence-electron chi connectivity index (χ1n) is 5.95. The molecule has 2 aromatic rings. The van der Waals surface area contributed by atoms with E-state index in [2.05, 4.69) is 4.98 Å². The summed E-state index contributed by atoms with van der Waals surface area (Å²) >= 11 is 12.2. The van der Waals surface area contributed by atoms with Crippen molar-refractivity contribution in [3.63, 3.8) is 0 Å². The number of rotatable bonds is 2. The van der Waals surface area contributed by atoms with E-state index in [1.807, 2.05) is 9.47 Å². The average Bonchev–Trinajstić information content (AvgIpc) is 2.79. The maximum atomic E-state index is 10.7. The van der Waals surface area contributed by atoms with Crippen molar-refractivity contribution < 1.29 is 4.92 Å². The first-order chi connectivity index (χ1) is 9.56. The highest BCUT2D eigenvalue weighted by atomic mass is 35.5. The van der Waals surface area contributed by atoms with Crippen LogP contribution in [0.3, 0.4) is 0 Å². The Bertz CT molecular complexity index is 686. The molecule has 1 aliphatic heterocycles. The van der Waals surface area contributed by atoms with Crippen LogP contribution in [0.2, 0.25) is 10.2 Å². The fourth-order valence-corrected chi connectivity index (χ4v) is 2.82. The number of imidazole rings is 1. The molecule has 0 spiro atoms. The highest BCUT2D eigenvalue weighted by molar-refractivity contribution is 6.33. The van der Waals surface area contributed by atoms with E-state index in [0.29, 0.717) is 23.3 Å². The monoisotopic (exact) mass is 312 g/mol. The summed E-state index contributed by atoms with van der Waals surface area (Å²) in [6, 6.07) is 4.49. The minimum Gasteiger partial charge on any atom is -0.361 e. The Morgan fingerprint density at radius 1 is 1.30 bits per heavy atom. The topological polar surface area (TPSA) is 64.2 Å². The van der Waals surface area contributed by atoms with E-state index in [1.54, 1.807) is 12.3 Å². The summed E-state index contributed by atoms with van der Waals surface area (Å²) in [5.74, 6) is 0.857. The molecule has 2 heterocycles. The molecule has 20 heavy (non-hydrogen) atoms. The van der Waals surface area contributed by atoms with Crippen LogP contribution in [0.25, 0.3) is 0 Å². The van der Waals surface area contributed by atoms with Crippen LogP contribution in [-0.2, 0) is 13.1 Å². The molecule has 0 radical (unpaired) electrons. The lowest BCUT2D eigenvalue weighted by Gasteiger charge is -2.30. The van der Waals surface area contributed by atoms with E-state index in [-0.39, 0.29) is 5.69 Å². The van der Waals surface area contributed by atoms with Crippen molar-refractivity contribution in [1.29, 1.82) is 0 Å². The average molecular weight is 313 g/mol. The molecule has 8 heteroatoms. The fourth-order valence-electron chi connectivity index (χ4n) is 2.29. The second-order valence-electron chi connectivity index (χ2n) is 4.46. The molecule has 0 aliphatic carbocycles. The van der Waals surface area contributed by atoms with Crippen LogP contribution in [0.1, 0.15) is 5.82 Å². The summed E-state index contributed by atoms with van der Waals surface area (Å²) in [6.07, 6.45) is 1.62. The van der Waals surface area contributed by atoms with E-state index < -0.39 is 4.92 Å². The highest BCUT2D eigenvalue weighted by Crippen LogP contribution is 2.32. The van der Waals surface area contributed by atoms with Gasteiger partial charge in [0.15, 0.2) is 0 Å². The molecule has 0 saturated heterocycles. The van der Waals surface area contributed by atoms with Crippen molar-refractivity contribution in [2.24, 2.45) is 0 Å². The number of benzene rings is 1. The number of nitrogens with zero attached hydrogens (tertiary/aromatic N) is 4. The lowest BCUT2D eigenvalue weighted by Crippen LogP contribution is -2.34. The fraction of sp³-hybridized carbons (Fsp3) is 0.250. The lowest BCUT2D eigenvalue weighted by molar-refractivity contribution is -0.384.